The lowest BCUT2D eigenvalue weighted by Crippen LogP contribution is -2.35. The van der Waals surface area contributed by atoms with Crippen molar-refractivity contribution in [1.82, 2.24) is 30.4 Å². The fourth-order valence-corrected chi connectivity index (χ4v) is 6.29. The van der Waals surface area contributed by atoms with Crippen LogP contribution in [0.3, 0.4) is 0 Å². The highest BCUT2D eigenvalue weighted by atomic mass is 32.2. The Morgan fingerprint density at radius 3 is 2.49 bits per heavy atom. The number of carbonyl (C=O) groups excluding carboxylic acids is 2. The van der Waals surface area contributed by atoms with E-state index in [1.807, 2.05) is 101 Å². The molecule has 3 aromatic carbocycles. The van der Waals surface area contributed by atoms with Crippen molar-refractivity contribution < 1.29 is 54.6 Å². The fraction of sp³-hybridized carbons (Fsp3) is 0.324. The van der Waals surface area contributed by atoms with Crippen molar-refractivity contribution in [3.8, 4) is 39.0 Å². The highest BCUT2D eigenvalue weighted by Crippen LogP contribution is 2.36. The third-order valence-corrected chi connectivity index (χ3v) is 9.90. The predicted octanol–water partition coefficient (Wildman–Crippen LogP) is 5.20. The molecule has 1 aliphatic heterocycles. The molecule has 0 atom stereocenters. The smallest absolute Gasteiger partial charge is 0.485 e. The molecule has 3 heterocycles. The molecule has 0 saturated carbocycles. The van der Waals surface area contributed by atoms with Crippen molar-refractivity contribution >= 4 is 33.6 Å². The van der Waals surface area contributed by atoms with Crippen molar-refractivity contribution in [2.75, 3.05) is 39.9 Å². The second-order valence-corrected chi connectivity index (χ2v) is 14.7. The Balaban J connectivity index is 0.000000701. The van der Waals surface area contributed by atoms with Crippen LogP contribution in [0.15, 0.2) is 84.4 Å². The monoisotopic (exact) mass is 831 g/mol. The van der Waals surface area contributed by atoms with Gasteiger partial charge in [-0.15, -0.1) is 20.7 Å². The maximum absolute atomic E-state index is 12.1. The van der Waals surface area contributed by atoms with Crippen LogP contribution in [0.5, 0.6) is 11.5 Å². The normalized spacial score (nSPS) is 12.7. The summed E-state index contributed by atoms with van der Waals surface area (Å²) in [4.78, 5) is 30.8. The molecule has 0 spiro atoms. The lowest BCUT2D eigenvalue weighted by Gasteiger charge is -2.16. The van der Waals surface area contributed by atoms with E-state index < -0.39 is 21.7 Å². The van der Waals surface area contributed by atoms with E-state index >= 15 is 0 Å². The molecule has 1 aliphatic rings. The summed E-state index contributed by atoms with van der Waals surface area (Å²) in [5, 5.41) is 13.2. The minimum atomic E-state index is -6.09. The van der Waals surface area contributed by atoms with Gasteiger partial charge in [-0.05, 0) is 54.8 Å². The molecule has 6 rings (SSSR count). The SMILES string of the molecule is COc1ccc(-c2csc(-c3ccc(-n4cc(CCCCNC(=O)OCc5ccccc5)[n+](C)n4)cc3OCCN3CCNC3=O)n2)cc1.O=S(=O)([O-])C(F)(F)F. The van der Waals surface area contributed by atoms with Gasteiger partial charge in [-0.25, -0.2) is 23.0 Å². The van der Waals surface area contributed by atoms with Crippen LogP contribution in [0, 0.1) is 0 Å². The Bertz CT molecular complexity index is 2220. The van der Waals surface area contributed by atoms with E-state index in [0.717, 1.165) is 63.8 Å². The van der Waals surface area contributed by atoms with Gasteiger partial charge in [-0.3, -0.25) is 0 Å². The third-order valence-electron chi connectivity index (χ3n) is 8.46. The van der Waals surface area contributed by atoms with Gasteiger partial charge in [0.2, 0.25) is 0 Å². The highest BCUT2D eigenvalue weighted by Gasteiger charge is 2.37. The molecule has 0 aliphatic carbocycles. The number of nitrogens with zero attached hydrogens (tertiary/aromatic N) is 5. The van der Waals surface area contributed by atoms with E-state index in [1.54, 1.807) is 23.3 Å². The van der Waals surface area contributed by atoms with Crippen LogP contribution in [-0.4, -0.2) is 90.3 Å². The van der Waals surface area contributed by atoms with Gasteiger partial charge in [0.25, 0.3) is 0 Å². The average molecular weight is 832 g/mol. The molecular formula is C37H40F3N7O8S2. The maximum Gasteiger partial charge on any atom is 0.485 e. The van der Waals surface area contributed by atoms with E-state index in [2.05, 4.69) is 10.6 Å². The number of aryl methyl sites for hydroxylation is 2. The summed E-state index contributed by atoms with van der Waals surface area (Å²) in [6.45, 7) is 2.90. The summed E-state index contributed by atoms with van der Waals surface area (Å²) in [5.41, 5.74) is -0.0594. The van der Waals surface area contributed by atoms with Gasteiger partial charge >= 0.3 is 17.6 Å². The average Bonchev–Trinajstić information content (AvgIpc) is 3.94. The number of unbranched alkanes of at least 4 members (excludes halogenated alkanes) is 1. The van der Waals surface area contributed by atoms with Crippen LogP contribution in [0.25, 0.3) is 27.5 Å². The summed E-state index contributed by atoms with van der Waals surface area (Å²) in [6, 6.07) is 23.4. The van der Waals surface area contributed by atoms with Crippen molar-refractivity contribution in [2.45, 2.75) is 31.4 Å². The zero-order valence-electron chi connectivity index (χ0n) is 30.9. The standard InChI is InChI=1S/C36H39N7O5S.CHF3O3S/c1-41-29(10-6-7-17-38-36(45)48-24-26-8-4-3-5-9-26)23-43(40-41)28-13-16-31(33(22-28)47-21-20-42-19-18-37-35(42)44)34-39-32(25-49-34)27-11-14-30(46-2)15-12-27;2-1(3,4)8(5,6)7/h3-5,8-9,11-16,22-23,25H,6-7,10,17-21,24H2,1-2H3,(H-,37,38,44,45);(H,5,6,7). The van der Waals surface area contributed by atoms with Crippen LogP contribution >= 0.6 is 11.3 Å². The number of benzene rings is 3. The molecule has 304 valence electrons. The van der Waals surface area contributed by atoms with E-state index in [9.17, 15) is 22.8 Å². The molecule has 2 aromatic heterocycles. The molecule has 15 nitrogen and oxygen atoms in total. The van der Waals surface area contributed by atoms with Crippen LogP contribution in [0.2, 0.25) is 0 Å². The summed E-state index contributed by atoms with van der Waals surface area (Å²) < 4.78 is 79.5. The number of urea groups is 1. The first kappa shape index (κ1) is 42.4. The number of thiazole rings is 1. The largest absolute Gasteiger partial charge is 0.741 e. The quantitative estimate of drug-likeness (QED) is 0.0616. The number of ether oxygens (including phenoxy) is 3. The second-order valence-electron chi connectivity index (χ2n) is 12.4. The minimum Gasteiger partial charge on any atom is -0.741 e. The lowest BCUT2D eigenvalue weighted by atomic mass is 10.1. The fourth-order valence-electron chi connectivity index (χ4n) is 5.43. The molecule has 57 heavy (non-hydrogen) atoms. The number of methoxy groups -OCH3 is 1. The molecular weight excluding hydrogens is 792 g/mol. The van der Waals surface area contributed by atoms with Crippen LogP contribution in [-0.2, 0) is 34.9 Å². The number of nitrogens with one attached hydrogen (secondary N) is 2. The van der Waals surface area contributed by atoms with Gasteiger partial charge in [0.05, 0.1) is 30.1 Å². The van der Waals surface area contributed by atoms with Crippen molar-refractivity contribution in [3.05, 3.63) is 95.6 Å². The Hall–Kier alpha value is -5.73. The Morgan fingerprint density at radius 1 is 1.09 bits per heavy atom. The van der Waals surface area contributed by atoms with Gasteiger partial charge in [-0.1, -0.05) is 30.3 Å². The van der Waals surface area contributed by atoms with Crippen LogP contribution in [0.1, 0.15) is 24.1 Å². The molecule has 1 saturated heterocycles. The summed E-state index contributed by atoms with van der Waals surface area (Å²) in [7, 11) is -2.52. The number of rotatable bonds is 15. The number of hydrogen-bond donors (Lipinski definition) is 2. The van der Waals surface area contributed by atoms with Crippen LogP contribution in [0.4, 0.5) is 22.8 Å². The van der Waals surface area contributed by atoms with Crippen molar-refractivity contribution in [3.63, 3.8) is 0 Å². The highest BCUT2D eigenvalue weighted by molar-refractivity contribution is 7.86. The number of amides is 3. The number of hydrogen-bond acceptors (Lipinski definition) is 11. The molecule has 20 heteroatoms. The zero-order valence-corrected chi connectivity index (χ0v) is 32.5. The molecule has 0 bridgehead atoms. The molecule has 3 amide bonds. The second kappa shape index (κ2) is 19.4. The number of alkyl carbamates (subject to hydrolysis) is 1. The first-order chi connectivity index (χ1) is 27.2. The van der Waals surface area contributed by atoms with E-state index in [1.165, 1.54) is 0 Å². The lowest BCUT2D eigenvalue weighted by molar-refractivity contribution is -0.738. The van der Waals surface area contributed by atoms with Gasteiger partial charge in [0, 0.05) is 43.1 Å². The molecule has 1 fully saturated rings. The molecule has 5 aromatic rings. The summed E-state index contributed by atoms with van der Waals surface area (Å²) in [6.07, 6.45) is 4.07. The maximum atomic E-state index is 12.1. The first-order valence-corrected chi connectivity index (χ1v) is 19.8. The summed E-state index contributed by atoms with van der Waals surface area (Å²) >= 11 is 1.55. The van der Waals surface area contributed by atoms with Gasteiger partial charge in [0.15, 0.2) is 27.7 Å². The van der Waals surface area contributed by atoms with Gasteiger partial charge in [0.1, 0.15) is 36.8 Å². The molecule has 2 N–H and O–H groups in total. The van der Waals surface area contributed by atoms with E-state index in [4.69, 9.17) is 37.4 Å². The number of aromatic nitrogens is 4. The predicted molar refractivity (Wildman–Crippen MR) is 202 cm³/mol. The van der Waals surface area contributed by atoms with Crippen molar-refractivity contribution in [1.29, 1.82) is 0 Å². The number of alkyl halides is 3. The third kappa shape index (κ3) is 12.1. The van der Waals surface area contributed by atoms with Crippen molar-refractivity contribution in [2.24, 2.45) is 7.05 Å². The summed E-state index contributed by atoms with van der Waals surface area (Å²) in [5.74, 6) is 1.46. The molecule has 0 radical (unpaired) electrons. The Labute approximate surface area is 330 Å². The Morgan fingerprint density at radius 2 is 1.82 bits per heavy atom. The van der Waals surface area contributed by atoms with E-state index in [0.29, 0.717) is 38.5 Å². The van der Waals surface area contributed by atoms with Gasteiger partial charge in [-0.2, -0.15) is 13.2 Å². The zero-order chi connectivity index (χ0) is 41.0. The van der Waals surface area contributed by atoms with Gasteiger partial charge < -0.3 is 34.3 Å². The number of carbonyl (C=O) groups is 2. The minimum absolute atomic E-state index is 0.0722. The number of halogens is 3. The molecule has 0 unspecified atom stereocenters. The Kier molecular flexibility index (Phi) is 14.5. The van der Waals surface area contributed by atoms with E-state index in [-0.39, 0.29) is 12.6 Å². The topological polar surface area (TPSA) is 181 Å². The first-order valence-electron chi connectivity index (χ1n) is 17.5. The van der Waals surface area contributed by atoms with Crippen LogP contribution < -0.4 is 24.8 Å².